The number of ether oxygens (including phenoxy) is 1. The Balaban J connectivity index is 0.00000364. The Hall–Kier alpha value is -1.35. The summed E-state index contributed by atoms with van der Waals surface area (Å²) in [6.07, 6.45) is 2.02. The van der Waals surface area contributed by atoms with E-state index in [-0.39, 0.29) is 35.9 Å². The lowest BCUT2D eigenvalue weighted by Crippen LogP contribution is -2.41. The summed E-state index contributed by atoms with van der Waals surface area (Å²) < 4.78 is 5.45. The predicted octanol–water partition coefficient (Wildman–Crippen LogP) is 2.88. The number of benzene rings is 1. The first-order valence-electron chi connectivity index (χ1n) is 9.42. The number of carbonyl (C=O) groups excluding carboxylic acids is 1. The summed E-state index contributed by atoms with van der Waals surface area (Å²) in [7, 11) is 3.84. The number of hydrogen-bond acceptors (Lipinski definition) is 3. The molecule has 0 aromatic heterocycles. The summed E-state index contributed by atoms with van der Waals surface area (Å²) in [5.74, 6) is 1.39. The third-order valence-electron chi connectivity index (χ3n) is 4.76. The van der Waals surface area contributed by atoms with Crippen LogP contribution in [0.25, 0.3) is 0 Å². The average Bonchev–Trinajstić information content (AvgIpc) is 3.15. The zero-order chi connectivity index (χ0) is 18.9. The molecular formula is C20H33IN4O2. The van der Waals surface area contributed by atoms with Crippen LogP contribution in [0.3, 0.4) is 0 Å². The summed E-state index contributed by atoms with van der Waals surface area (Å²) in [5, 5.41) is 6.39. The molecule has 2 unspecified atom stereocenters. The number of aliphatic imine (C=N–C) groups is 1. The van der Waals surface area contributed by atoms with E-state index in [1.165, 1.54) is 0 Å². The topological polar surface area (TPSA) is 66.0 Å². The molecule has 0 aliphatic carbocycles. The maximum Gasteiger partial charge on any atom is 0.251 e. The number of halogens is 1. The van der Waals surface area contributed by atoms with E-state index in [0.29, 0.717) is 18.0 Å². The number of nitrogens with one attached hydrogen (secondary N) is 2. The maximum atomic E-state index is 12.3. The predicted molar refractivity (Wildman–Crippen MR) is 121 cm³/mol. The lowest BCUT2D eigenvalue weighted by Gasteiger charge is -2.24. The van der Waals surface area contributed by atoms with E-state index >= 15 is 0 Å². The van der Waals surface area contributed by atoms with E-state index in [1.807, 2.05) is 38.2 Å². The van der Waals surface area contributed by atoms with Gasteiger partial charge >= 0.3 is 0 Å². The van der Waals surface area contributed by atoms with Gasteiger partial charge in [0.05, 0.1) is 6.61 Å². The van der Waals surface area contributed by atoms with Gasteiger partial charge in [0.25, 0.3) is 5.91 Å². The highest BCUT2D eigenvalue weighted by Crippen LogP contribution is 2.13. The molecule has 27 heavy (non-hydrogen) atoms. The Morgan fingerprint density at radius 2 is 2.22 bits per heavy atom. The van der Waals surface area contributed by atoms with Crippen molar-refractivity contribution in [3.8, 4) is 0 Å². The van der Waals surface area contributed by atoms with E-state index < -0.39 is 0 Å². The van der Waals surface area contributed by atoms with Gasteiger partial charge in [-0.15, -0.1) is 24.0 Å². The molecule has 0 saturated carbocycles. The molecule has 1 amide bonds. The molecule has 1 heterocycles. The molecule has 2 atom stereocenters. The average molecular weight is 488 g/mol. The van der Waals surface area contributed by atoms with Crippen LogP contribution in [0.1, 0.15) is 42.6 Å². The minimum absolute atomic E-state index is 0. The number of carbonyl (C=O) groups is 1. The van der Waals surface area contributed by atoms with Gasteiger partial charge in [0.1, 0.15) is 0 Å². The molecule has 6 nitrogen and oxygen atoms in total. The highest BCUT2D eigenvalue weighted by molar-refractivity contribution is 14.0. The van der Waals surface area contributed by atoms with Crippen molar-refractivity contribution < 1.29 is 9.53 Å². The van der Waals surface area contributed by atoms with E-state index in [9.17, 15) is 4.79 Å². The first-order chi connectivity index (χ1) is 12.5. The van der Waals surface area contributed by atoms with Crippen molar-refractivity contribution >= 4 is 35.8 Å². The van der Waals surface area contributed by atoms with Gasteiger partial charge in [-0.1, -0.05) is 19.1 Å². The molecule has 1 aliphatic rings. The largest absolute Gasteiger partial charge is 0.381 e. The van der Waals surface area contributed by atoms with Crippen molar-refractivity contribution in [2.75, 3.05) is 33.9 Å². The molecule has 2 N–H and O–H groups in total. The van der Waals surface area contributed by atoms with Crippen LogP contribution in [0, 0.1) is 5.92 Å². The number of amides is 1. The number of guanidine groups is 1. The molecule has 0 spiro atoms. The molecule has 1 fully saturated rings. The first-order valence-corrected chi connectivity index (χ1v) is 9.42. The van der Waals surface area contributed by atoms with Crippen molar-refractivity contribution in [3.05, 3.63) is 35.4 Å². The van der Waals surface area contributed by atoms with Crippen LogP contribution in [0.5, 0.6) is 0 Å². The van der Waals surface area contributed by atoms with Crippen LogP contribution in [0.2, 0.25) is 0 Å². The molecule has 2 rings (SSSR count). The van der Waals surface area contributed by atoms with Gasteiger partial charge < -0.3 is 20.3 Å². The van der Waals surface area contributed by atoms with Crippen molar-refractivity contribution in [2.45, 2.75) is 39.3 Å². The van der Waals surface area contributed by atoms with Gasteiger partial charge in [-0.05, 0) is 37.5 Å². The van der Waals surface area contributed by atoms with Gasteiger partial charge in [-0.25, -0.2) is 0 Å². The summed E-state index contributed by atoms with van der Waals surface area (Å²) >= 11 is 0. The molecule has 1 aromatic rings. The number of hydrogen-bond donors (Lipinski definition) is 2. The van der Waals surface area contributed by atoms with E-state index in [4.69, 9.17) is 4.74 Å². The molecule has 1 aromatic carbocycles. The van der Waals surface area contributed by atoms with E-state index in [1.54, 1.807) is 7.05 Å². The second-order valence-electron chi connectivity index (χ2n) is 6.99. The Bertz CT molecular complexity index is 618. The van der Waals surface area contributed by atoms with Crippen LogP contribution in [0.15, 0.2) is 29.3 Å². The fourth-order valence-electron chi connectivity index (χ4n) is 3.00. The Morgan fingerprint density at radius 3 is 2.85 bits per heavy atom. The molecular weight excluding hydrogens is 455 g/mol. The second-order valence-corrected chi connectivity index (χ2v) is 6.99. The van der Waals surface area contributed by atoms with Crippen molar-refractivity contribution in [2.24, 2.45) is 10.9 Å². The van der Waals surface area contributed by atoms with E-state index in [0.717, 1.165) is 44.1 Å². The first kappa shape index (κ1) is 23.7. The summed E-state index contributed by atoms with van der Waals surface area (Å²) in [6.45, 7) is 7.31. The zero-order valence-electron chi connectivity index (χ0n) is 16.8. The van der Waals surface area contributed by atoms with Gasteiger partial charge in [-0.3, -0.25) is 9.79 Å². The lowest BCUT2D eigenvalue weighted by atomic mass is 10.1. The van der Waals surface area contributed by atoms with Crippen LogP contribution in [-0.2, 0) is 11.3 Å². The summed E-state index contributed by atoms with van der Waals surface area (Å²) in [6, 6.07) is 7.90. The number of rotatable bonds is 7. The normalized spacial score (nSPS) is 17.8. The van der Waals surface area contributed by atoms with E-state index in [2.05, 4.69) is 27.4 Å². The molecule has 0 bridgehead atoms. The molecule has 0 radical (unpaired) electrons. The third kappa shape index (κ3) is 7.65. The van der Waals surface area contributed by atoms with Crippen molar-refractivity contribution in [1.82, 2.24) is 15.5 Å². The summed E-state index contributed by atoms with van der Waals surface area (Å²) in [5.41, 5.74) is 1.75. The maximum absolute atomic E-state index is 12.3. The minimum atomic E-state index is -0.0241. The fourth-order valence-corrected chi connectivity index (χ4v) is 3.00. The molecule has 1 aliphatic heterocycles. The van der Waals surface area contributed by atoms with Crippen LogP contribution < -0.4 is 10.6 Å². The Kier molecular flexibility index (Phi) is 10.7. The zero-order valence-corrected chi connectivity index (χ0v) is 19.2. The highest BCUT2D eigenvalue weighted by atomic mass is 127. The SMILES string of the molecule is CCC(C)NC(=O)c1cccc(CNC(=NC)N(C)CC2CCOC2)c1.I. The summed E-state index contributed by atoms with van der Waals surface area (Å²) in [4.78, 5) is 18.8. The number of nitrogens with zero attached hydrogens (tertiary/aromatic N) is 2. The monoisotopic (exact) mass is 488 g/mol. The van der Waals surface area contributed by atoms with Crippen LogP contribution in [-0.4, -0.2) is 56.7 Å². The Labute approximate surface area is 180 Å². The third-order valence-corrected chi connectivity index (χ3v) is 4.76. The lowest BCUT2D eigenvalue weighted by molar-refractivity contribution is 0.0939. The Morgan fingerprint density at radius 1 is 1.44 bits per heavy atom. The van der Waals surface area contributed by atoms with Gasteiger partial charge in [0.15, 0.2) is 5.96 Å². The van der Waals surface area contributed by atoms with Gasteiger partial charge in [0, 0.05) is 51.3 Å². The van der Waals surface area contributed by atoms with Crippen LogP contribution >= 0.6 is 24.0 Å². The molecule has 152 valence electrons. The highest BCUT2D eigenvalue weighted by Gasteiger charge is 2.19. The van der Waals surface area contributed by atoms with Crippen LogP contribution in [0.4, 0.5) is 0 Å². The fraction of sp³-hybridized carbons (Fsp3) is 0.600. The van der Waals surface area contributed by atoms with Crippen molar-refractivity contribution in [1.29, 1.82) is 0 Å². The molecule has 1 saturated heterocycles. The smallest absolute Gasteiger partial charge is 0.251 e. The molecule has 7 heteroatoms. The standard InChI is InChI=1S/C20H32N4O2.HI/c1-5-15(2)23-19(25)18-8-6-7-16(11-18)12-22-20(21-3)24(4)13-17-9-10-26-14-17;/h6-8,11,15,17H,5,9-10,12-14H2,1-4H3,(H,21,22)(H,23,25);1H. The van der Waals surface area contributed by atoms with Gasteiger partial charge in [0.2, 0.25) is 0 Å². The second kappa shape index (κ2) is 12.2. The minimum Gasteiger partial charge on any atom is -0.381 e. The van der Waals surface area contributed by atoms with Gasteiger partial charge in [-0.2, -0.15) is 0 Å². The quantitative estimate of drug-likeness (QED) is 0.352. The van der Waals surface area contributed by atoms with Crippen molar-refractivity contribution in [3.63, 3.8) is 0 Å².